The van der Waals surface area contributed by atoms with Crippen LogP contribution in [0, 0.1) is 5.92 Å². The molecule has 2 saturated carbocycles. The average molecular weight is 337 g/mol. The summed E-state index contributed by atoms with van der Waals surface area (Å²) in [6.45, 7) is 2.76. The Balaban J connectivity index is 1.36. The van der Waals surface area contributed by atoms with E-state index in [0.717, 1.165) is 51.6 Å². The predicted molar refractivity (Wildman–Crippen MR) is 91.7 cm³/mol. The fourth-order valence-electron chi connectivity index (χ4n) is 4.19. The molecule has 3 aliphatic rings. The summed E-state index contributed by atoms with van der Waals surface area (Å²) in [6, 6.07) is 0.533. The van der Waals surface area contributed by atoms with Crippen LogP contribution in [0.4, 0.5) is 4.79 Å². The Morgan fingerprint density at radius 3 is 2.00 bits per heavy atom. The van der Waals surface area contributed by atoms with Crippen LogP contribution in [-0.2, 0) is 9.53 Å². The van der Waals surface area contributed by atoms with Crippen molar-refractivity contribution in [1.29, 1.82) is 0 Å². The topological polar surface area (TPSA) is 70.7 Å². The average Bonchev–Trinajstić information content (AvgIpc) is 2.63. The van der Waals surface area contributed by atoms with E-state index in [1.165, 1.54) is 19.3 Å². The van der Waals surface area contributed by atoms with Gasteiger partial charge in [-0.15, -0.1) is 0 Å². The molecular formula is C18H31N3O3. The molecule has 1 aliphatic heterocycles. The standard InChI is InChI=1S/C18H31N3O3/c22-17(21-10-12-24-13-11-21)14-6-8-16(9-7-14)20-18(23)19-15-4-2-1-3-5-15/h14-16H,1-13H2,(H2,19,20,23). The van der Waals surface area contributed by atoms with Gasteiger partial charge >= 0.3 is 6.03 Å². The highest BCUT2D eigenvalue weighted by molar-refractivity contribution is 5.79. The van der Waals surface area contributed by atoms with Crippen molar-refractivity contribution in [1.82, 2.24) is 15.5 Å². The summed E-state index contributed by atoms with van der Waals surface area (Å²) in [5, 5.41) is 6.22. The minimum absolute atomic E-state index is 0.0233. The van der Waals surface area contributed by atoms with Crippen LogP contribution in [0.2, 0.25) is 0 Å². The highest BCUT2D eigenvalue weighted by atomic mass is 16.5. The van der Waals surface area contributed by atoms with Gasteiger partial charge in [0.1, 0.15) is 0 Å². The van der Waals surface area contributed by atoms with E-state index in [0.29, 0.717) is 19.3 Å². The zero-order valence-corrected chi connectivity index (χ0v) is 14.6. The summed E-state index contributed by atoms with van der Waals surface area (Å²) in [5.41, 5.74) is 0. The van der Waals surface area contributed by atoms with E-state index in [2.05, 4.69) is 10.6 Å². The van der Waals surface area contributed by atoms with Crippen molar-refractivity contribution in [2.24, 2.45) is 5.92 Å². The molecule has 0 aromatic rings. The van der Waals surface area contributed by atoms with Gasteiger partial charge in [0, 0.05) is 31.1 Å². The number of carbonyl (C=O) groups is 2. The molecule has 136 valence electrons. The molecule has 0 aromatic carbocycles. The van der Waals surface area contributed by atoms with Crippen LogP contribution in [0.25, 0.3) is 0 Å². The van der Waals surface area contributed by atoms with Crippen LogP contribution in [-0.4, -0.2) is 55.2 Å². The molecule has 0 unspecified atom stereocenters. The molecule has 1 heterocycles. The lowest BCUT2D eigenvalue weighted by molar-refractivity contribution is -0.140. The Morgan fingerprint density at radius 2 is 1.38 bits per heavy atom. The molecule has 2 aliphatic carbocycles. The SMILES string of the molecule is O=C(NC1CCCCC1)NC1CCC(C(=O)N2CCOCC2)CC1. The van der Waals surface area contributed by atoms with Crippen molar-refractivity contribution >= 4 is 11.9 Å². The number of morpholine rings is 1. The Kier molecular flexibility index (Phi) is 6.35. The van der Waals surface area contributed by atoms with Crippen molar-refractivity contribution in [3.05, 3.63) is 0 Å². The Labute approximate surface area is 144 Å². The van der Waals surface area contributed by atoms with Gasteiger partial charge in [-0.05, 0) is 38.5 Å². The van der Waals surface area contributed by atoms with Crippen LogP contribution in [0.5, 0.6) is 0 Å². The van der Waals surface area contributed by atoms with Gasteiger partial charge in [0.05, 0.1) is 13.2 Å². The Morgan fingerprint density at radius 1 is 0.792 bits per heavy atom. The van der Waals surface area contributed by atoms with E-state index in [1.54, 1.807) is 0 Å². The van der Waals surface area contributed by atoms with E-state index in [-0.39, 0.29) is 23.9 Å². The first-order valence-electron chi connectivity index (χ1n) is 9.66. The second kappa shape index (κ2) is 8.70. The second-order valence-electron chi connectivity index (χ2n) is 7.44. The van der Waals surface area contributed by atoms with E-state index < -0.39 is 0 Å². The highest BCUT2D eigenvalue weighted by Crippen LogP contribution is 2.26. The van der Waals surface area contributed by atoms with Gasteiger partial charge in [-0.2, -0.15) is 0 Å². The predicted octanol–water partition coefficient (Wildman–Crippen LogP) is 2.04. The maximum absolute atomic E-state index is 12.5. The van der Waals surface area contributed by atoms with Gasteiger partial charge < -0.3 is 20.3 Å². The Bertz CT molecular complexity index is 423. The highest BCUT2D eigenvalue weighted by Gasteiger charge is 2.30. The largest absolute Gasteiger partial charge is 0.378 e. The number of hydrogen-bond donors (Lipinski definition) is 2. The van der Waals surface area contributed by atoms with Gasteiger partial charge in [0.2, 0.25) is 5.91 Å². The van der Waals surface area contributed by atoms with Crippen molar-refractivity contribution < 1.29 is 14.3 Å². The minimum atomic E-state index is -0.0233. The maximum atomic E-state index is 12.5. The normalized spacial score (nSPS) is 29.1. The molecule has 0 spiro atoms. The summed E-state index contributed by atoms with van der Waals surface area (Å²) in [7, 11) is 0. The van der Waals surface area contributed by atoms with E-state index in [9.17, 15) is 9.59 Å². The maximum Gasteiger partial charge on any atom is 0.315 e. The lowest BCUT2D eigenvalue weighted by atomic mass is 9.85. The lowest BCUT2D eigenvalue weighted by Gasteiger charge is -2.34. The number of hydrogen-bond acceptors (Lipinski definition) is 3. The number of urea groups is 1. The van der Waals surface area contributed by atoms with Gasteiger partial charge in [0.25, 0.3) is 0 Å². The van der Waals surface area contributed by atoms with Crippen molar-refractivity contribution in [2.75, 3.05) is 26.3 Å². The molecule has 0 bridgehead atoms. The third kappa shape index (κ3) is 4.85. The van der Waals surface area contributed by atoms with Crippen LogP contribution in [0.3, 0.4) is 0 Å². The van der Waals surface area contributed by atoms with Gasteiger partial charge in [0.15, 0.2) is 0 Å². The third-order valence-corrected chi connectivity index (χ3v) is 5.67. The summed E-state index contributed by atoms with van der Waals surface area (Å²) in [6.07, 6.45) is 9.51. The summed E-state index contributed by atoms with van der Waals surface area (Å²) in [4.78, 5) is 26.6. The van der Waals surface area contributed by atoms with Crippen LogP contribution in [0.1, 0.15) is 57.8 Å². The molecule has 1 saturated heterocycles. The fraction of sp³-hybridized carbons (Fsp3) is 0.889. The van der Waals surface area contributed by atoms with Crippen LogP contribution < -0.4 is 10.6 Å². The lowest BCUT2D eigenvalue weighted by Crippen LogP contribution is -2.49. The van der Waals surface area contributed by atoms with Crippen molar-refractivity contribution in [2.45, 2.75) is 69.9 Å². The zero-order chi connectivity index (χ0) is 16.8. The first-order valence-corrected chi connectivity index (χ1v) is 9.66. The zero-order valence-electron chi connectivity index (χ0n) is 14.6. The molecule has 2 N–H and O–H groups in total. The molecular weight excluding hydrogens is 306 g/mol. The summed E-state index contributed by atoms with van der Waals surface area (Å²) >= 11 is 0. The van der Waals surface area contributed by atoms with E-state index in [1.807, 2.05) is 4.90 Å². The molecule has 0 aromatic heterocycles. The van der Waals surface area contributed by atoms with E-state index >= 15 is 0 Å². The molecule has 3 amide bonds. The van der Waals surface area contributed by atoms with Crippen LogP contribution >= 0.6 is 0 Å². The summed E-state index contributed by atoms with van der Waals surface area (Å²) < 4.78 is 5.31. The summed E-state index contributed by atoms with van der Waals surface area (Å²) in [5.74, 6) is 0.408. The molecule has 0 radical (unpaired) electrons. The quantitative estimate of drug-likeness (QED) is 0.828. The molecule has 0 atom stereocenters. The van der Waals surface area contributed by atoms with Crippen molar-refractivity contribution in [3.63, 3.8) is 0 Å². The van der Waals surface area contributed by atoms with Crippen LogP contribution in [0.15, 0.2) is 0 Å². The van der Waals surface area contributed by atoms with Crippen molar-refractivity contribution in [3.8, 4) is 0 Å². The Hall–Kier alpha value is -1.30. The molecule has 3 rings (SSSR count). The number of nitrogens with one attached hydrogen (secondary N) is 2. The smallest absolute Gasteiger partial charge is 0.315 e. The second-order valence-corrected chi connectivity index (χ2v) is 7.44. The monoisotopic (exact) mass is 337 g/mol. The number of carbonyl (C=O) groups excluding carboxylic acids is 2. The number of amides is 3. The van der Waals surface area contributed by atoms with E-state index in [4.69, 9.17) is 4.74 Å². The molecule has 6 heteroatoms. The number of nitrogens with zero attached hydrogens (tertiary/aromatic N) is 1. The third-order valence-electron chi connectivity index (χ3n) is 5.67. The number of rotatable bonds is 3. The first-order chi connectivity index (χ1) is 11.7. The fourth-order valence-corrected chi connectivity index (χ4v) is 4.19. The number of ether oxygens (including phenoxy) is 1. The van der Waals surface area contributed by atoms with Gasteiger partial charge in [-0.25, -0.2) is 4.79 Å². The van der Waals surface area contributed by atoms with Gasteiger partial charge in [-0.1, -0.05) is 19.3 Å². The first kappa shape index (κ1) is 17.5. The molecule has 6 nitrogen and oxygen atoms in total. The minimum Gasteiger partial charge on any atom is -0.378 e. The van der Waals surface area contributed by atoms with Gasteiger partial charge in [-0.3, -0.25) is 4.79 Å². The molecule has 3 fully saturated rings. The molecule has 24 heavy (non-hydrogen) atoms.